The standard InChI is InChI=1S/C22H20N4O/c1-14-21(15(2)26(3)25-14)20-13-18(17-11-7-8-12-19(17)24-20)22(27)23-16-9-5-4-6-10-16/h4-13H,1-3H3,(H,23,27). The SMILES string of the molecule is Cc1nn(C)c(C)c1-c1cc(C(=O)Nc2ccccc2)c2ccccc2n1. The van der Waals surface area contributed by atoms with Gasteiger partial charge >= 0.3 is 0 Å². The zero-order valence-corrected chi connectivity index (χ0v) is 15.5. The minimum atomic E-state index is -0.153. The third-order valence-electron chi connectivity index (χ3n) is 4.76. The second-order valence-electron chi connectivity index (χ2n) is 6.56. The van der Waals surface area contributed by atoms with Crippen molar-refractivity contribution in [3.63, 3.8) is 0 Å². The topological polar surface area (TPSA) is 59.8 Å². The van der Waals surface area contributed by atoms with Gasteiger partial charge in [0.05, 0.1) is 22.5 Å². The van der Waals surface area contributed by atoms with Crippen LogP contribution in [0.1, 0.15) is 21.7 Å². The smallest absolute Gasteiger partial charge is 0.256 e. The lowest BCUT2D eigenvalue weighted by atomic mass is 10.0. The first-order valence-electron chi connectivity index (χ1n) is 8.81. The first-order chi connectivity index (χ1) is 13.0. The van der Waals surface area contributed by atoms with E-state index in [1.54, 1.807) is 0 Å². The van der Waals surface area contributed by atoms with Gasteiger partial charge in [-0.05, 0) is 38.1 Å². The molecule has 0 aliphatic carbocycles. The Morgan fingerprint density at radius 3 is 2.41 bits per heavy atom. The van der Waals surface area contributed by atoms with Gasteiger partial charge in [0.15, 0.2) is 0 Å². The monoisotopic (exact) mass is 356 g/mol. The molecule has 0 atom stereocenters. The lowest BCUT2D eigenvalue weighted by molar-refractivity contribution is 0.102. The largest absolute Gasteiger partial charge is 0.322 e. The zero-order valence-electron chi connectivity index (χ0n) is 15.5. The molecule has 0 saturated carbocycles. The van der Waals surface area contributed by atoms with E-state index in [2.05, 4.69) is 10.4 Å². The average Bonchev–Trinajstić information content (AvgIpc) is 2.93. The Labute approximate surface area is 157 Å². The minimum Gasteiger partial charge on any atom is -0.322 e. The highest BCUT2D eigenvalue weighted by molar-refractivity contribution is 6.13. The van der Waals surface area contributed by atoms with Crippen LogP contribution in [-0.2, 0) is 7.05 Å². The molecule has 0 radical (unpaired) electrons. The number of fused-ring (bicyclic) bond motifs is 1. The normalized spacial score (nSPS) is 10.9. The Hall–Kier alpha value is -3.47. The maximum atomic E-state index is 13.0. The van der Waals surface area contributed by atoms with Crippen molar-refractivity contribution in [3.05, 3.63) is 77.6 Å². The molecule has 0 aliphatic rings. The second kappa shape index (κ2) is 6.68. The summed E-state index contributed by atoms with van der Waals surface area (Å²) in [7, 11) is 1.91. The summed E-state index contributed by atoms with van der Waals surface area (Å²) in [6.45, 7) is 3.97. The van der Waals surface area contributed by atoms with Gasteiger partial charge in [0.1, 0.15) is 0 Å². The minimum absolute atomic E-state index is 0.153. The first-order valence-corrected chi connectivity index (χ1v) is 8.81. The number of nitrogens with zero attached hydrogens (tertiary/aromatic N) is 3. The van der Waals surface area contributed by atoms with Crippen molar-refractivity contribution in [2.45, 2.75) is 13.8 Å². The number of nitrogens with one attached hydrogen (secondary N) is 1. The van der Waals surface area contributed by atoms with Crippen molar-refractivity contribution in [3.8, 4) is 11.3 Å². The molecule has 0 aliphatic heterocycles. The Morgan fingerprint density at radius 1 is 1.00 bits per heavy atom. The van der Waals surface area contributed by atoms with E-state index in [4.69, 9.17) is 4.98 Å². The third kappa shape index (κ3) is 3.08. The lowest BCUT2D eigenvalue weighted by Crippen LogP contribution is -2.13. The zero-order chi connectivity index (χ0) is 19.0. The number of hydrogen-bond donors (Lipinski definition) is 1. The van der Waals surface area contributed by atoms with Crippen LogP contribution in [-0.4, -0.2) is 20.7 Å². The molecular weight excluding hydrogens is 336 g/mol. The highest BCUT2D eigenvalue weighted by atomic mass is 16.1. The van der Waals surface area contributed by atoms with Gasteiger partial charge in [0.25, 0.3) is 5.91 Å². The van der Waals surface area contributed by atoms with Gasteiger partial charge in [-0.2, -0.15) is 5.10 Å². The van der Waals surface area contributed by atoms with Crippen molar-refractivity contribution >= 4 is 22.5 Å². The first kappa shape index (κ1) is 17.0. The quantitative estimate of drug-likeness (QED) is 0.588. The maximum Gasteiger partial charge on any atom is 0.256 e. The number of pyridine rings is 1. The number of anilines is 1. The Kier molecular flexibility index (Phi) is 4.20. The van der Waals surface area contributed by atoms with Crippen molar-refractivity contribution in [2.24, 2.45) is 7.05 Å². The van der Waals surface area contributed by atoms with Gasteiger partial charge < -0.3 is 5.32 Å². The van der Waals surface area contributed by atoms with E-state index in [0.29, 0.717) is 5.56 Å². The number of carbonyl (C=O) groups is 1. The number of aryl methyl sites for hydroxylation is 2. The summed E-state index contributed by atoms with van der Waals surface area (Å²) in [5.74, 6) is -0.153. The van der Waals surface area contributed by atoms with E-state index in [1.807, 2.05) is 86.2 Å². The molecule has 0 unspecified atom stereocenters. The van der Waals surface area contributed by atoms with Gasteiger partial charge in [-0.15, -0.1) is 0 Å². The number of para-hydroxylation sites is 2. The average molecular weight is 356 g/mol. The number of hydrogen-bond acceptors (Lipinski definition) is 3. The summed E-state index contributed by atoms with van der Waals surface area (Å²) < 4.78 is 1.84. The summed E-state index contributed by atoms with van der Waals surface area (Å²) in [4.78, 5) is 17.8. The van der Waals surface area contributed by atoms with Crippen molar-refractivity contribution in [2.75, 3.05) is 5.32 Å². The van der Waals surface area contributed by atoms with E-state index < -0.39 is 0 Å². The summed E-state index contributed by atoms with van der Waals surface area (Å²) in [6, 6.07) is 19.0. The lowest BCUT2D eigenvalue weighted by Gasteiger charge is -2.11. The molecule has 1 N–H and O–H groups in total. The molecule has 0 bridgehead atoms. The van der Waals surface area contributed by atoms with E-state index in [9.17, 15) is 4.79 Å². The predicted molar refractivity (Wildman–Crippen MR) is 108 cm³/mol. The van der Waals surface area contributed by atoms with Crippen LogP contribution in [0.4, 0.5) is 5.69 Å². The molecular formula is C22H20N4O. The molecule has 134 valence electrons. The Morgan fingerprint density at radius 2 is 1.70 bits per heavy atom. The Bertz CT molecular complexity index is 1150. The fourth-order valence-electron chi connectivity index (χ4n) is 3.36. The van der Waals surface area contributed by atoms with Gasteiger partial charge in [-0.3, -0.25) is 9.48 Å². The number of benzene rings is 2. The Balaban J connectivity index is 1.88. The molecule has 4 rings (SSSR count). The number of carbonyl (C=O) groups excluding carboxylic acids is 1. The molecule has 2 aromatic carbocycles. The van der Waals surface area contributed by atoms with Crippen molar-refractivity contribution in [1.29, 1.82) is 0 Å². The third-order valence-corrected chi connectivity index (χ3v) is 4.76. The van der Waals surface area contributed by atoms with E-state index >= 15 is 0 Å². The summed E-state index contributed by atoms with van der Waals surface area (Å²) in [6.07, 6.45) is 0. The fourth-order valence-corrected chi connectivity index (χ4v) is 3.36. The van der Waals surface area contributed by atoms with Crippen LogP contribution in [0.15, 0.2) is 60.7 Å². The van der Waals surface area contributed by atoms with Crippen LogP contribution in [0.5, 0.6) is 0 Å². The van der Waals surface area contributed by atoms with Crippen LogP contribution in [0, 0.1) is 13.8 Å². The van der Waals surface area contributed by atoms with Crippen molar-refractivity contribution < 1.29 is 4.79 Å². The maximum absolute atomic E-state index is 13.0. The molecule has 1 amide bonds. The predicted octanol–water partition coefficient (Wildman–Crippen LogP) is 4.50. The van der Waals surface area contributed by atoms with E-state index in [0.717, 1.165) is 39.2 Å². The van der Waals surface area contributed by atoms with Crippen LogP contribution in [0.25, 0.3) is 22.2 Å². The summed E-state index contributed by atoms with van der Waals surface area (Å²) >= 11 is 0. The van der Waals surface area contributed by atoms with Gasteiger partial charge in [0, 0.05) is 29.4 Å². The molecule has 5 nitrogen and oxygen atoms in total. The van der Waals surface area contributed by atoms with Gasteiger partial charge in [-0.25, -0.2) is 4.98 Å². The summed E-state index contributed by atoms with van der Waals surface area (Å²) in [5.41, 5.74) is 5.79. The van der Waals surface area contributed by atoms with E-state index in [-0.39, 0.29) is 5.91 Å². The fraction of sp³-hybridized carbons (Fsp3) is 0.136. The molecule has 2 aromatic heterocycles. The molecule has 0 fully saturated rings. The summed E-state index contributed by atoms with van der Waals surface area (Å²) in [5, 5.41) is 8.29. The van der Waals surface area contributed by atoms with Crippen molar-refractivity contribution in [1.82, 2.24) is 14.8 Å². The molecule has 0 saturated heterocycles. The molecule has 27 heavy (non-hydrogen) atoms. The van der Waals surface area contributed by atoms with Crippen LogP contribution < -0.4 is 5.32 Å². The highest BCUT2D eigenvalue weighted by Gasteiger charge is 2.18. The highest BCUT2D eigenvalue weighted by Crippen LogP contribution is 2.29. The van der Waals surface area contributed by atoms with Crippen LogP contribution >= 0.6 is 0 Å². The van der Waals surface area contributed by atoms with Gasteiger partial charge in [0.2, 0.25) is 0 Å². The van der Waals surface area contributed by atoms with Crippen LogP contribution in [0.2, 0.25) is 0 Å². The van der Waals surface area contributed by atoms with E-state index in [1.165, 1.54) is 0 Å². The van der Waals surface area contributed by atoms with Crippen LogP contribution in [0.3, 0.4) is 0 Å². The second-order valence-corrected chi connectivity index (χ2v) is 6.56. The number of amides is 1. The van der Waals surface area contributed by atoms with Gasteiger partial charge in [-0.1, -0.05) is 36.4 Å². The number of aromatic nitrogens is 3. The molecule has 5 heteroatoms. The molecule has 0 spiro atoms. The molecule has 2 heterocycles. The molecule has 4 aromatic rings. The number of rotatable bonds is 3.